The van der Waals surface area contributed by atoms with E-state index in [2.05, 4.69) is 4.85 Å². The van der Waals surface area contributed by atoms with Gasteiger partial charge in [-0.1, -0.05) is 46.7 Å². The first-order valence-corrected chi connectivity index (χ1v) is 17.2. The second-order valence-corrected chi connectivity index (χ2v) is 12.9. The molecule has 0 spiro atoms. The molecule has 2 aromatic rings. The number of ether oxygens (including phenoxy) is 4. The highest BCUT2D eigenvalue weighted by molar-refractivity contribution is 8.04. The maximum Gasteiger partial charge on any atom is 0.351 e. The molecule has 4 rings (SSSR count). The van der Waals surface area contributed by atoms with Crippen LogP contribution < -0.4 is 9.80 Å². The molecule has 2 aliphatic rings. The molecule has 0 amide bonds. The molecule has 0 aromatic heterocycles. The number of anilines is 2. The SMILES string of the molecule is [C-]#[N+]/C(C(=O)OCCOCCOCCOC(=O)/C(C#N)=C1\Sc2cc(Cl)ccc2N1CCCO)=C1/Sc2cc(Cl)ccc2N1CCCO. The van der Waals surface area contributed by atoms with Crippen LogP contribution in [0.1, 0.15) is 12.8 Å². The lowest BCUT2D eigenvalue weighted by Gasteiger charge is -2.21. The van der Waals surface area contributed by atoms with E-state index in [0.717, 1.165) is 21.2 Å². The Labute approximate surface area is 296 Å². The molecule has 12 nitrogen and oxygen atoms in total. The van der Waals surface area contributed by atoms with Gasteiger partial charge in [0.05, 0.1) is 49.4 Å². The number of benzene rings is 2. The Bertz CT molecular complexity index is 1520. The van der Waals surface area contributed by atoms with E-state index >= 15 is 0 Å². The minimum absolute atomic E-state index is 0.0431. The van der Waals surface area contributed by atoms with Crippen molar-refractivity contribution >= 4 is 70.0 Å². The maximum absolute atomic E-state index is 12.8. The zero-order valence-electron chi connectivity index (χ0n) is 25.7. The van der Waals surface area contributed by atoms with Crippen molar-refractivity contribution in [3.05, 3.63) is 79.2 Å². The minimum Gasteiger partial charge on any atom is -0.468 e. The number of nitrogens with zero attached hydrogens (tertiary/aromatic N) is 4. The molecule has 2 N–H and O–H groups in total. The molecule has 48 heavy (non-hydrogen) atoms. The number of rotatable bonds is 17. The summed E-state index contributed by atoms with van der Waals surface area (Å²) in [5, 5.41) is 30.3. The van der Waals surface area contributed by atoms with Crippen LogP contribution in [-0.2, 0) is 28.5 Å². The van der Waals surface area contributed by atoms with E-state index in [4.69, 9.17) is 48.7 Å². The minimum atomic E-state index is -0.788. The zero-order valence-corrected chi connectivity index (χ0v) is 28.8. The van der Waals surface area contributed by atoms with Crippen molar-refractivity contribution in [3.63, 3.8) is 0 Å². The summed E-state index contributed by atoms with van der Waals surface area (Å²) in [6, 6.07) is 12.5. The molecular formula is C32H32Cl2N4O8S2. The fraction of sp³-hybridized carbons (Fsp3) is 0.375. The van der Waals surface area contributed by atoms with Crippen molar-refractivity contribution in [2.24, 2.45) is 0 Å². The second kappa shape index (κ2) is 18.9. The van der Waals surface area contributed by atoms with Gasteiger partial charge in [0, 0.05) is 46.1 Å². The Hall–Kier alpha value is -3.44. The summed E-state index contributed by atoms with van der Waals surface area (Å²) in [5.74, 6) is -1.57. The molecule has 0 atom stereocenters. The number of nitriles is 1. The van der Waals surface area contributed by atoms with Crippen LogP contribution in [0.5, 0.6) is 0 Å². The average Bonchev–Trinajstić information content (AvgIpc) is 3.60. The fourth-order valence-corrected chi connectivity index (χ4v) is 7.48. The third kappa shape index (κ3) is 9.59. The predicted octanol–water partition coefficient (Wildman–Crippen LogP) is 5.23. The van der Waals surface area contributed by atoms with Crippen molar-refractivity contribution in [2.45, 2.75) is 22.6 Å². The van der Waals surface area contributed by atoms with Crippen molar-refractivity contribution in [1.29, 1.82) is 5.26 Å². The number of esters is 2. The van der Waals surface area contributed by atoms with Crippen LogP contribution in [0.25, 0.3) is 4.85 Å². The van der Waals surface area contributed by atoms with Crippen molar-refractivity contribution in [3.8, 4) is 6.07 Å². The smallest absolute Gasteiger partial charge is 0.351 e. The van der Waals surface area contributed by atoms with Crippen LogP contribution in [0.3, 0.4) is 0 Å². The summed E-state index contributed by atoms with van der Waals surface area (Å²) >= 11 is 14.7. The lowest BCUT2D eigenvalue weighted by Crippen LogP contribution is -2.24. The van der Waals surface area contributed by atoms with Crippen LogP contribution in [0.2, 0.25) is 10.0 Å². The molecule has 0 saturated carbocycles. The van der Waals surface area contributed by atoms with Crippen LogP contribution in [0.4, 0.5) is 11.4 Å². The number of fused-ring (bicyclic) bond motifs is 2. The second-order valence-electron chi connectivity index (χ2n) is 9.94. The molecule has 0 saturated heterocycles. The highest BCUT2D eigenvalue weighted by Gasteiger charge is 2.32. The van der Waals surface area contributed by atoms with Crippen LogP contribution in [0.15, 0.2) is 67.5 Å². The van der Waals surface area contributed by atoms with Crippen molar-refractivity contribution < 1.29 is 38.7 Å². The van der Waals surface area contributed by atoms with Gasteiger partial charge >= 0.3 is 11.9 Å². The molecule has 2 aliphatic heterocycles. The number of carbonyl (C=O) groups excluding carboxylic acids is 2. The maximum atomic E-state index is 12.8. The molecule has 0 bridgehead atoms. The Balaban J connectivity index is 1.17. The van der Waals surface area contributed by atoms with Gasteiger partial charge < -0.3 is 39.0 Å². The molecule has 2 heterocycles. The number of halogens is 2. The largest absolute Gasteiger partial charge is 0.468 e. The number of hydrogen-bond acceptors (Lipinski definition) is 13. The molecule has 0 unspecified atom stereocenters. The van der Waals surface area contributed by atoms with Crippen LogP contribution in [0, 0.1) is 17.9 Å². The molecule has 254 valence electrons. The Kier molecular flexibility index (Phi) is 14.7. The number of aliphatic hydroxyl groups excluding tert-OH is 2. The topological polar surface area (TPSA) is 146 Å². The number of hydrogen-bond donors (Lipinski definition) is 2. The van der Waals surface area contributed by atoms with Crippen LogP contribution in [-0.4, -0.2) is 88.1 Å². The number of carbonyl (C=O) groups is 2. The summed E-state index contributed by atoms with van der Waals surface area (Å²) in [4.78, 5) is 34.2. The lowest BCUT2D eigenvalue weighted by molar-refractivity contribution is -0.142. The van der Waals surface area contributed by atoms with E-state index < -0.39 is 11.9 Å². The van der Waals surface area contributed by atoms with Gasteiger partial charge in [0.15, 0.2) is 5.57 Å². The van der Waals surface area contributed by atoms with E-state index in [1.54, 1.807) is 40.1 Å². The van der Waals surface area contributed by atoms with Gasteiger partial charge in [0.2, 0.25) is 0 Å². The Morgan fingerprint density at radius 2 is 1.27 bits per heavy atom. The highest BCUT2D eigenvalue weighted by atomic mass is 35.5. The lowest BCUT2D eigenvalue weighted by atomic mass is 10.2. The summed E-state index contributed by atoms with van der Waals surface area (Å²) in [6.45, 7) is 8.64. The third-order valence-electron chi connectivity index (χ3n) is 6.74. The molecule has 16 heteroatoms. The van der Waals surface area contributed by atoms with E-state index in [1.165, 1.54) is 23.5 Å². The van der Waals surface area contributed by atoms with Crippen molar-refractivity contribution in [2.75, 3.05) is 75.7 Å². The normalized spacial score (nSPS) is 15.4. The summed E-state index contributed by atoms with van der Waals surface area (Å²) in [5.41, 5.74) is 1.27. The van der Waals surface area contributed by atoms with E-state index in [-0.39, 0.29) is 64.1 Å². The summed E-state index contributed by atoms with van der Waals surface area (Å²) in [7, 11) is 0. The molecule has 0 fully saturated rings. The van der Waals surface area contributed by atoms with Gasteiger partial charge in [0.1, 0.15) is 24.3 Å². The molecule has 0 radical (unpaired) electrons. The van der Waals surface area contributed by atoms with Gasteiger partial charge in [-0.2, -0.15) is 5.26 Å². The quantitative estimate of drug-likeness (QED) is 0.0720. The molecular weight excluding hydrogens is 703 g/mol. The Morgan fingerprint density at radius 1 is 0.792 bits per heavy atom. The summed E-state index contributed by atoms with van der Waals surface area (Å²) < 4.78 is 21.4. The van der Waals surface area contributed by atoms with Gasteiger partial charge in [-0.05, 0) is 49.2 Å². The standard InChI is InChI=1S/C32H32Cl2N4O8S2/c1-36-28(30-38(9-3-11-40)25-7-5-22(34)19-27(25)48-30)32(42)46-17-15-44-13-12-43-14-16-45-31(41)23(20-35)29-37(8-2-10-39)24-6-4-21(33)18-26(24)47-29/h4-7,18-19,39-40H,2-3,8-17H2/b29-23-,30-28+. The van der Waals surface area contributed by atoms with E-state index in [0.29, 0.717) is 46.0 Å². The first kappa shape index (κ1) is 37.4. The first-order valence-electron chi connectivity index (χ1n) is 14.8. The highest BCUT2D eigenvalue weighted by Crippen LogP contribution is 2.49. The van der Waals surface area contributed by atoms with Gasteiger partial charge in [0.25, 0.3) is 5.70 Å². The summed E-state index contributed by atoms with van der Waals surface area (Å²) in [6.07, 6.45) is 0.882. The van der Waals surface area contributed by atoms with E-state index in [1.807, 2.05) is 12.1 Å². The van der Waals surface area contributed by atoms with E-state index in [9.17, 15) is 25.1 Å². The first-order chi connectivity index (χ1) is 23.3. The van der Waals surface area contributed by atoms with Gasteiger partial charge in [-0.3, -0.25) is 4.79 Å². The molecule has 0 aliphatic carbocycles. The predicted molar refractivity (Wildman–Crippen MR) is 183 cm³/mol. The Morgan fingerprint density at radius 3 is 1.77 bits per heavy atom. The van der Waals surface area contributed by atoms with Crippen LogP contribution >= 0.6 is 46.7 Å². The monoisotopic (exact) mass is 734 g/mol. The number of aliphatic hydroxyl groups is 2. The fourth-order valence-electron chi connectivity index (χ4n) is 4.60. The zero-order chi connectivity index (χ0) is 34.5. The number of thioether (sulfide) groups is 2. The third-order valence-corrected chi connectivity index (χ3v) is 9.53. The molecule has 2 aromatic carbocycles. The van der Waals surface area contributed by atoms with Crippen molar-refractivity contribution in [1.82, 2.24) is 0 Å². The average molecular weight is 736 g/mol. The van der Waals surface area contributed by atoms with Gasteiger partial charge in [-0.15, -0.1) is 0 Å². The van der Waals surface area contributed by atoms with Gasteiger partial charge in [-0.25, -0.2) is 9.64 Å².